The first-order chi connectivity index (χ1) is 11.2. The van der Waals surface area contributed by atoms with Crippen molar-refractivity contribution in [1.29, 1.82) is 0 Å². The smallest absolute Gasteiger partial charge is 0.248 e. The fourth-order valence-corrected chi connectivity index (χ4v) is 3.57. The van der Waals surface area contributed by atoms with Gasteiger partial charge in [0.2, 0.25) is 15.9 Å². The highest BCUT2D eigenvalue weighted by atomic mass is 35.5. The lowest BCUT2D eigenvalue weighted by atomic mass is 10.2. The van der Waals surface area contributed by atoms with Gasteiger partial charge in [-0.2, -0.15) is 0 Å². The monoisotopic (exact) mass is 370 g/mol. The Kier molecular flexibility index (Phi) is 5.46. The van der Waals surface area contributed by atoms with Gasteiger partial charge in [-0.3, -0.25) is 9.10 Å². The van der Waals surface area contributed by atoms with Crippen LogP contribution in [0.2, 0.25) is 5.02 Å². The van der Waals surface area contributed by atoms with Gasteiger partial charge in [0, 0.05) is 0 Å². The molecule has 0 fully saturated rings. The second kappa shape index (κ2) is 7.19. The van der Waals surface area contributed by atoms with E-state index in [0.717, 1.165) is 16.6 Å². The molecule has 128 valence electrons. The van der Waals surface area contributed by atoms with Crippen LogP contribution in [0, 0.1) is 5.82 Å². The lowest BCUT2D eigenvalue weighted by Crippen LogP contribution is -2.45. The summed E-state index contributed by atoms with van der Waals surface area (Å²) in [5.74, 6) is -1.36. The van der Waals surface area contributed by atoms with Crippen molar-refractivity contribution in [1.82, 2.24) is 0 Å². The van der Waals surface area contributed by atoms with E-state index in [1.807, 2.05) is 0 Å². The van der Waals surface area contributed by atoms with Crippen LogP contribution in [0.1, 0.15) is 6.92 Å². The van der Waals surface area contributed by atoms with E-state index in [0.29, 0.717) is 10.7 Å². The Morgan fingerprint density at radius 2 is 1.75 bits per heavy atom. The average molecular weight is 371 g/mol. The Balaban J connectivity index is 2.36. The van der Waals surface area contributed by atoms with Crippen LogP contribution in [0.4, 0.5) is 15.8 Å². The number of nitrogens with one attached hydrogen (secondary N) is 1. The molecule has 0 saturated heterocycles. The number of hydrogen-bond donors (Lipinski definition) is 1. The van der Waals surface area contributed by atoms with E-state index < -0.39 is 27.8 Å². The number of amides is 1. The van der Waals surface area contributed by atoms with Crippen molar-refractivity contribution in [3.05, 3.63) is 59.4 Å². The third kappa shape index (κ3) is 4.04. The first-order valence-electron chi connectivity index (χ1n) is 7.01. The maximum Gasteiger partial charge on any atom is 0.248 e. The molecule has 2 rings (SSSR count). The summed E-state index contributed by atoms with van der Waals surface area (Å²) in [6.07, 6.45) is 0.915. The lowest BCUT2D eigenvalue weighted by Gasteiger charge is -2.28. The van der Waals surface area contributed by atoms with Gasteiger partial charge in [0.05, 0.1) is 22.7 Å². The largest absolute Gasteiger partial charge is 0.323 e. The summed E-state index contributed by atoms with van der Waals surface area (Å²) in [6, 6.07) is 10.7. The topological polar surface area (TPSA) is 66.5 Å². The molecule has 0 saturated carbocycles. The van der Waals surface area contributed by atoms with Gasteiger partial charge in [0.25, 0.3) is 0 Å². The Morgan fingerprint density at radius 3 is 2.33 bits per heavy atom. The standard InChI is InChI=1S/C16H16ClFN2O3S/c1-11(16(21)19-14-9-5-3-7-12(14)17)20(24(2,22)23)15-10-6-4-8-13(15)18/h3-11H,1-2H3,(H,19,21)/t11-/m1/s1. The quantitative estimate of drug-likeness (QED) is 0.878. The second-order valence-electron chi connectivity index (χ2n) is 5.16. The van der Waals surface area contributed by atoms with Crippen molar-refractivity contribution < 1.29 is 17.6 Å². The number of anilines is 2. The number of hydrogen-bond acceptors (Lipinski definition) is 3. The molecule has 0 aliphatic heterocycles. The predicted octanol–water partition coefficient (Wildman–Crippen LogP) is 3.27. The van der Waals surface area contributed by atoms with Crippen molar-refractivity contribution >= 4 is 38.9 Å². The Hall–Kier alpha value is -2.12. The molecule has 0 bridgehead atoms. The molecular formula is C16H16ClFN2O3S. The molecule has 0 spiro atoms. The minimum absolute atomic E-state index is 0.193. The van der Waals surface area contributed by atoms with E-state index in [2.05, 4.69) is 5.32 Å². The van der Waals surface area contributed by atoms with Gasteiger partial charge in [0.1, 0.15) is 11.9 Å². The number of carbonyl (C=O) groups excluding carboxylic acids is 1. The van der Waals surface area contributed by atoms with Crippen LogP contribution in [0.5, 0.6) is 0 Å². The first kappa shape index (κ1) is 18.2. The van der Waals surface area contributed by atoms with Crippen LogP contribution in [0.3, 0.4) is 0 Å². The zero-order valence-corrected chi connectivity index (χ0v) is 14.6. The van der Waals surface area contributed by atoms with Gasteiger partial charge in [-0.15, -0.1) is 0 Å². The summed E-state index contributed by atoms with van der Waals surface area (Å²) >= 11 is 5.98. The van der Waals surface area contributed by atoms with E-state index in [4.69, 9.17) is 11.6 Å². The Labute approximate surface area is 145 Å². The predicted molar refractivity (Wildman–Crippen MR) is 93.3 cm³/mol. The maximum absolute atomic E-state index is 14.0. The van der Waals surface area contributed by atoms with E-state index in [9.17, 15) is 17.6 Å². The van der Waals surface area contributed by atoms with E-state index in [-0.39, 0.29) is 5.69 Å². The van der Waals surface area contributed by atoms with Crippen molar-refractivity contribution in [2.24, 2.45) is 0 Å². The van der Waals surface area contributed by atoms with Gasteiger partial charge in [-0.25, -0.2) is 12.8 Å². The molecule has 5 nitrogen and oxygen atoms in total. The normalized spacial score (nSPS) is 12.5. The molecule has 1 atom stereocenters. The molecule has 0 heterocycles. The molecular weight excluding hydrogens is 355 g/mol. The van der Waals surface area contributed by atoms with E-state index >= 15 is 0 Å². The highest BCUT2D eigenvalue weighted by molar-refractivity contribution is 7.92. The Morgan fingerprint density at radius 1 is 1.17 bits per heavy atom. The first-order valence-corrected chi connectivity index (χ1v) is 9.24. The number of sulfonamides is 1. The molecule has 24 heavy (non-hydrogen) atoms. The van der Waals surface area contributed by atoms with Gasteiger partial charge in [0.15, 0.2) is 0 Å². The summed E-state index contributed by atoms with van der Waals surface area (Å²) in [6.45, 7) is 1.37. The van der Waals surface area contributed by atoms with Crippen molar-refractivity contribution in [2.75, 3.05) is 15.9 Å². The third-order valence-electron chi connectivity index (χ3n) is 3.31. The maximum atomic E-state index is 14.0. The van der Waals surface area contributed by atoms with E-state index in [1.54, 1.807) is 24.3 Å². The molecule has 1 amide bonds. The summed E-state index contributed by atoms with van der Waals surface area (Å²) in [5.41, 5.74) is 0.153. The molecule has 0 aromatic heterocycles. The van der Waals surface area contributed by atoms with Crippen molar-refractivity contribution in [3.8, 4) is 0 Å². The van der Waals surface area contributed by atoms with Crippen LogP contribution in [-0.2, 0) is 14.8 Å². The molecule has 1 N–H and O–H groups in total. The molecule has 0 radical (unpaired) electrons. The molecule has 8 heteroatoms. The SMILES string of the molecule is C[C@H](C(=O)Nc1ccccc1Cl)N(c1ccccc1F)S(C)(=O)=O. The fraction of sp³-hybridized carbons (Fsp3) is 0.188. The summed E-state index contributed by atoms with van der Waals surface area (Å²) in [4.78, 5) is 12.4. The zero-order chi connectivity index (χ0) is 17.9. The third-order valence-corrected chi connectivity index (χ3v) is 4.87. The number of carbonyl (C=O) groups is 1. The highest BCUT2D eigenvalue weighted by Gasteiger charge is 2.31. The van der Waals surface area contributed by atoms with Gasteiger partial charge in [-0.05, 0) is 31.2 Å². The minimum atomic E-state index is -3.89. The molecule has 2 aromatic rings. The van der Waals surface area contributed by atoms with Crippen LogP contribution in [0.25, 0.3) is 0 Å². The number of rotatable bonds is 5. The molecule has 2 aromatic carbocycles. The highest BCUT2D eigenvalue weighted by Crippen LogP contribution is 2.26. The van der Waals surface area contributed by atoms with Gasteiger partial charge < -0.3 is 5.32 Å². The molecule has 0 unspecified atom stereocenters. The number of nitrogens with zero attached hydrogens (tertiary/aromatic N) is 1. The number of para-hydroxylation sites is 2. The van der Waals surface area contributed by atoms with Crippen LogP contribution < -0.4 is 9.62 Å². The lowest BCUT2D eigenvalue weighted by molar-refractivity contribution is -0.116. The Bertz CT molecular complexity index is 858. The number of halogens is 2. The fourth-order valence-electron chi connectivity index (χ4n) is 2.21. The van der Waals surface area contributed by atoms with Crippen molar-refractivity contribution in [3.63, 3.8) is 0 Å². The molecule has 0 aliphatic carbocycles. The van der Waals surface area contributed by atoms with Crippen LogP contribution in [0.15, 0.2) is 48.5 Å². The minimum Gasteiger partial charge on any atom is -0.323 e. The van der Waals surface area contributed by atoms with Crippen LogP contribution >= 0.6 is 11.6 Å². The van der Waals surface area contributed by atoms with Gasteiger partial charge in [-0.1, -0.05) is 35.9 Å². The molecule has 0 aliphatic rings. The summed E-state index contributed by atoms with van der Waals surface area (Å²) < 4.78 is 39.0. The summed E-state index contributed by atoms with van der Waals surface area (Å²) in [5, 5.41) is 2.87. The number of benzene rings is 2. The van der Waals surface area contributed by atoms with Gasteiger partial charge >= 0.3 is 0 Å². The zero-order valence-electron chi connectivity index (χ0n) is 13.0. The van der Waals surface area contributed by atoms with E-state index in [1.165, 1.54) is 25.1 Å². The second-order valence-corrected chi connectivity index (χ2v) is 7.42. The summed E-state index contributed by atoms with van der Waals surface area (Å²) in [7, 11) is -3.89. The van der Waals surface area contributed by atoms with Crippen LogP contribution in [-0.4, -0.2) is 26.6 Å². The van der Waals surface area contributed by atoms with Crippen molar-refractivity contribution in [2.45, 2.75) is 13.0 Å². The average Bonchev–Trinajstić information content (AvgIpc) is 2.50.